The molecule has 0 spiro atoms. The van der Waals surface area contributed by atoms with Crippen molar-refractivity contribution in [2.75, 3.05) is 5.32 Å². The predicted octanol–water partition coefficient (Wildman–Crippen LogP) is 4.27. The predicted molar refractivity (Wildman–Crippen MR) is 81.1 cm³/mol. The molecule has 3 nitrogen and oxygen atoms in total. The minimum Gasteiger partial charge on any atom is -0.322 e. The van der Waals surface area contributed by atoms with Crippen LogP contribution in [0.5, 0.6) is 0 Å². The SMILES string of the molecule is Cc1nc(C(F)(F)F)ccc1C(=O)Nc1ccc(I)cc1. The molecule has 1 N–H and O–H groups in total. The summed E-state index contributed by atoms with van der Waals surface area (Å²) in [7, 11) is 0. The number of aryl methyl sites for hydroxylation is 1. The van der Waals surface area contributed by atoms with E-state index in [1.165, 1.54) is 6.92 Å². The molecule has 0 aliphatic heterocycles. The van der Waals surface area contributed by atoms with Gasteiger partial charge in [-0.2, -0.15) is 13.2 Å². The molecule has 7 heteroatoms. The highest BCUT2D eigenvalue weighted by atomic mass is 127. The number of pyridine rings is 1. The number of carbonyl (C=O) groups excluding carboxylic acids is 1. The van der Waals surface area contributed by atoms with Crippen LogP contribution in [0.15, 0.2) is 36.4 Å². The van der Waals surface area contributed by atoms with E-state index in [2.05, 4.69) is 32.9 Å². The minimum atomic E-state index is -4.52. The Hall–Kier alpha value is -1.64. The molecule has 0 bridgehead atoms. The molecular weight excluding hydrogens is 396 g/mol. The molecule has 1 amide bonds. The summed E-state index contributed by atoms with van der Waals surface area (Å²) < 4.78 is 38.6. The Kier molecular flexibility index (Phi) is 4.50. The van der Waals surface area contributed by atoms with Gasteiger partial charge in [-0.15, -0.1) is 0 Å². The molecule has 0 fully saturated rings. The van der Waals surface area contributed by atoms with Gasteiger partial charge in [-0.05, 0) is 65.9 Å². The van der Waals surface area contributed by atoms with Gasteiger partial charge in [0.15, 0.2) is 0 Å². The zero-order valence-corrected chi connectivity index (χ0v) is 13.0. The zero-order valence-electron chi connectivity index (χ0n) is 10.8. The van der Waals surface area contributed by atoms with Crippen molar-refractivity contribution >= 4 is 34.2 Å². The van der Waals surface area contributed by atoms with Gasteiger partial charge in [0.05, 0.1) is 11.3 Å². The lowest BCUT2D eigenvalue weighted by Gasteiger charge is -2.10. The van der Waals surface area contributed by atoms with Crippen LogP contribution in [0.1, 0.15) is 21.7 Å². The van der Waals surface area contributed by atoms with Crippen molar-refractivity contribution in [1.29, 1.82) is 0 Å². The molecule has 0 aliphatic carbocycles. The average Bonchev–Trinajstić information content (AvgIpc) is 2.40. The second kappa shape index (κ2) is 6.00. The number of rotatable bonds is 2. The minimum absolute atomic E-state index is 0.0350. The van der Waals surface area contributed by atoms with Crippen LogP contribution in [0.3, 0.4) is 0 Å². The number of aromatic nitrogens is 1. The van der Waals surface area contributed by atoms with Gasteiger partial charge in [-0.1, -0.05) is 0 Å². The van der Waals surface area contributed by atoms with E-state index >= 15 is 0 Å². The summed E-state index contributed by atoms with van der Waals surface area (Å²) in [5.74, 6) is -0.491. The molecule has 0 radical (unpaired) electrons. The van der Waals surface area contributed by atoms with E-state index in [-0.39, 0.29) is 11.3 Å². The van der Waals surface area contributed by atoms with E-state index in [0.29, 0.717) is 5.69 Å². The third-order valence-electron chi connectivity index (χ3n) is 2.72. The summed E-state index contributed by atoms with van der Waals surface area (Å²) in [5, 5.41) is 2.62. The number of carbonyl (C=O) groups is 1. The van der Waals surface area contributed by atoms with Gasteiger partial charge in [0, 0.05) is 9.26 Å². The first-order valence-corrected chi connectivity index (χ1v) is 6.97. The van der Waals surface area contributed by atoms with E-state index in [9.17, 15) is 18.0 Å². The second-order valence-electron chi connectivity index (χ2n) is 4.29. The molecule has 0 saturated heterocycles. The monoisotopic (exact) mass is 406 g/mol. The lowest BCUT2D eigenvalue weighted by molar-refractivity contribution is -0.141. The van der Waals surface area contributed by atoms with Crippen LogP contribution < -0.4 is 5.32 Å². The summed E-state index contributed by atoms with van der Waals surface area (Å²) in [6.45, 7) is 1.37. The molecule has 0 saturated carbocycles. The van der Waals surface area contributed by atoms with E-state index in [4.69, 9.17) is 0 Å². The van der Waals surface area contributed by atoms with Gasteiger partial charge in [-0.3, -0.25) is 4.79 Å². The van der Waals surface area contributed by atoms with Gasteiger partial charge in [0.1, 0.15) is 5.69 Å². The van der Waals surface area contributed by atoms with Crippen molar-refractivity contribution in [3.63, 3.8) is 0 Å². The summed E-state index contributed by atoms with van der Waals surface area (Å²) in [6, 6.07) is 8.99. The van der Waals surface area contributed by atoms with Gasteiger partial charge in [0.25, 0.3) is 5.91 Å². The number of nitrogens with one attached hydrogen (secondary N) is 1. The number of hydrogen-bond donors (Lipinski definition) is 1. The summed E-state index contributed by atoms with van der Waals surface area (Å²) in [6.07, 6.45) is -4.52. The van der Waals surface area contributed by atoms with Gasteiger partial charge in [-0.25, -0.2) is 4.98 Å². The number of amides is 1. The van der Waals surface area contributed by atoms with Crippen LogP contribution in [0.25, 0.3) is 0 Å². The molecule has 110 valence electrons. The van der Waals surface area contributed by atoms with Crippen LogP contribution in [0.2, 0.25) is 0 Å². The molecule has 1 aromatic heterocycles. The lowest BCUT2D eigenvalue weighted by Crippen LogP contribution is -2.16. The summed E-state index contributed by atoms with van der Waals surface area (Å²) in [4.78, 5) is 15.5. The largest absolute Gasteiger partial charge is 0.433 e. The molecule has 2 aromatic rings. The summed E-state index contributed by atoms with van der Waals surface area (Å²) >= 11 is 2.13. The van der Waals surface area contributed by atoms with Crippen molar-refractivity contribution in [3.05, 3.63) is 56.9 Å². The van der Waals surface area contributed by atoms with Crippen molar-refractivity contribution in [3.8, 4) is 0 Å². The molecule has 2 rings (SSSR count). The third kappa shape index (κ3) is 3.93. The third-order valence-corrected chi connectivity index (χ3v) is 3.44. The van der Waals surface area contributed by atoms with Crippen LogP contribution in [-0.4, -0.2) is 10.9 Å². The van der Waals surface area contributed by atoms with E-state index in [1.807, 2.05) is 12.1 Å². The van der Waals surface area contributed by atoms with E-state index in [1.54, 1.807) is 12.1 Å². The Morgan fingerprint density at radius 1 is 1.14 bits per heavy atom. The maximum absolute atomic E-state index is 12.5. The van der Waals surface area contributed by atoms with E-state index < -0.39 is 17.8 Å². The maximum atomic E-state index is 12.5. The summed E-state index contributed by atoms with van der Waals surface area (Å²) in [5.41, 5.74) is -0.292. The highest BCUT2D eigenvalue weighted by Gasteiger charge is 2.33. The maximum Gasteiger partial charge on any atom is 0.433 e. The van der Waals surface area contributed by atoms with Crippen LogP contribution >= 0.6 is 22.6 Å². The second-order valence-corrected chi connectivity index (χ2v) is 5.53. The van der Waals surface area contributed by atoms with Crippen molar-refractivity contribution in [2.24, 2.45) is 0 Å². The van der Waals surface area contributed by atoms with Crippen molar-refractivity contribution in [2.45, 2.75) is 13.1 Å². The molecule has 0 aliphatic rings. The highest BCUT2D eigenvalue weighted by Crippen LogP contribution is 2.28. The lowest BCUT2D eigenvalue weighted by atomic mass is 10.1. The number of hydrogen-bond acceptors (Lipinski definition) is 2. The standard InChI is InChI=1S/C14H10F3IN2O/c1-8-11(6-7-12(19-8)14(15,16)17)13(21)20-10-4-2-9(18)3-5-10/h2-7H,1H3,(H,20,21). The average molecular weight is 406 g/mol. The fraction of sp³-hybridized carbons (Fsp3) is 0.143. The molecule has 1 heterocycles. The van der Waals surface area contributed by atoms with Gasteiger partial charge >= 0.3 is 6.18 Å². The number of benzene rings is 1. The number of alkyl halides is 3. The highest BCUT2D eigenvalue weighted by molar-refractivity contribution is 14.1. The normalized spacial score (nSPS) is 11.3. The van der Waals surface area contributed by atoms with E-state index in [0.717, 1.165) is 15.7 Å². The van der Waals surface area contributed by atoms with Crippen LogP contribution in [0.4, 0.5) is 18.9 Å². The first kappa shape index (κ1) is 15.7. The number of halogens is 4. The molecule has 0 atom stereocenters. The van der Waals surface area contributed by atoms with Crippen LogP contribution in [-0.2, 0) is 6.18 Å². The first-order valence-electron chi connectivity index (χ1n) is 5.89. The number of nitrogens with zero attached hydrogens (tertiary/aromatic N) is 1. The van der Waals surface area contributed by atoms with Crippen LogP contribution in [0, 0.1) is 10.5 Å². The Bertz CT molecular complexity index is 669. The first-order chi connectivity index (χ1) is 9.77. The number of anilines is 1. The topological polar surface area (TPSA) is 42.0 Å². The molecular formula is C14H10F3IN2O. The molecule has 21 heavy (non-hydrogen) atoms. The smallest absolute Gasteiger partial charge is 0.322 e. The van der Waals surface area contributed by atoms with Crippen molar-refractivity contribution < 1.29 is 18.0 Å². The Balaban J connectivity index is 2.22. The quantitative estimate of drug-likeness (QED) is 0.758. The van der Waals surface area contributed by atoms with Gasteiger partial charge in [0.2, 0.25) is 0 Å². The van der Waals surface area contributed by atoms with Gasteiger partial charge < -0.3 is 5.32 Å². The van der Waals surface area contributed by atoms with Crippen molar-refractivity contribution in [1.82, 2.24) is 4.98 Å². The fourth-order valence-electron chi connectivity index (χ4n) is 1.69. The molecule has 1 aromatic carbocycles. The zero-order chi connectivity index (χ0) is 15.6. The Morgan fingerprint density at radius 2 is 1.76 bits per heavy atom. The Labute approximate surface area is 132 Å². The fourth-order valence-corrected chi connectivity index (χ4v) is 2.05. The molecule has 0 unspecified atom stereocenters. The Morgan fingerprint density at radius 3 is 2.29 bits per heavy atom.